The fraction of sp³-hybridized carbons (Fsp3) is 0.458. The van der Waals surface area contributed by atoms with Gasteiger partial charge in [0.05, 0.1) is 45.2 Å². The molecule has 0 aliphatic rings. The summed E-state index contributed by atoms with van der Waals surface area (Å²) in [4.78, 5) is 12.1. The normalized spacial score (nSPS) is 11.1. The van der Waals surface area contributed by atoms with Gasteiger partial charge >= 0.3 is 5.97 Å². The van der Waals surface area contributed by atoms with Crippen molar-refractivity contribution in [3.8, 4) is 18.1 Å². The van der Waals surface area contributed by atoms with E-state index in [-0.39, 0.29) is 24.7 Å². The second-order valence-corrected chi connectivity index (χ2v) is 7.08. The van der Waals surface area contributed by atoms with Crippen LogP contribution in [0.4, 0.5) is 4.39 Å². The molecule has 0 heterocycles. The third-order valence-electron chi connectivity index (χ3n) is 4.46. The minimum Gasteiger partial charge on any atom is -0.425 e. The van der Waals surface area contributed by atoms with Crippen LogP contribution >= 0.6 is 0 Å². The highest BCUT2D eigenvalue weighted by Crippen LogP contribution is 2.33. The van der Waals surface area contributed by atoms with E-state index in [1.165, 1.54) is 6.07 Å². The number of benzene rings is 2. The van der Waals surface area contributed by atoms with Crippen molar-refractivity contribution in [3.63, 3.8) is 0 Å². The smallest absolute Gasteiger partial charge is 0.337 e. The van der Waals surface area contributed by atoms with Crippen molar-refractivity contribution < 1.29 is 32.9 Å². The molecule has 0 atom stereocenters. The number of esters is 1. The number of carbonyl (C=O) groups is 1. The van der Waals surface area contributed by atoms with Gasteiger partial charge in [-0.1, -0.05) is 25.8 Å². The maximum absolute atomic E-state index is 14.1. The zero-order chi connectivity index (χ0) is 22.6. The predicted octanol–water partition coefficient (Wildman–Crippen LogP) is 3.69. The van der Waals surface area contributed by atoms with Gasteiger partial charge in [-0.25, -0.2) is 9.18 Å². The zero-order valence-electron chi connectivity index (χ0n) is 18.2. The molecule has 0 spiro atoms. The lowest BCUT2D eigenvalue weighted by Crippen LogP contribution is -2.18. The number of terminal acetylenes is 1. The number of fused-ring (bicyclic) bond motifs is 1. The first-order valence-electron chi connectivity index (χ1n) is 10.1. The number of methoxy groups -OCH3 is 1. The van der Waals surface area contributed by atoms with E-state index in [1.54, 1.807) is 25.3 Å². The molecule has 0 fully saturated rings. The molecule has 0 aliphatic carbocycles. The van der Waals surface area contributed by atoms with Gasteiger partial charge in [0.15, 0.2) is 0 Å². The average molecular weight is 432 g/mol. The number of rotatable bonds is 13. The van der Waals surface area contributed by atoms with E-state index < -0.39 is 11.8 Å². The van der Waals surface area contributed by atoms with Crippen LogP contribution in [0.25, 0.3) is 10.8 Å². The molecule has 0 aromatic heterocycles. The van der Waals surface area contributed by atoms with Crippen molar-refractivity contribution in [2.75, 3.05) is 53.4 Å². The second kappa shape index (κ2) is 13.0. The Bertz CT molecular complexity index is 903. The highest BCUT2D eigenvalue weighted by Gasteiger charge is 2.16. The SMILES string of the molecule is C#Cc1c(F)ccc2cc(OC(=O)COCCOCCOCCOC)cc(C(C)C)c12. The number of carbonyl (C=O) groups excluding carboxylic acids is 1. The molecule has 0 saturated heterocycles. The Hall–Kier alpha value is -2.50. The Morgan fingerprint density at radius 2 is 1.68 bits per heavy atom. The lowest BCUT2D eigenvalue weighted by molar-refractivity contribution is -0.140. The summed E-state index contributed by atoms with van der Waals surface area (Å²) in [7, 11) is 1.61. The number of ether oxygens (including phenoxy) is 5. The van der Waals surface area contributed by atoms with Crippen molar-refractivity contribution in [2.24, 2.45) is 0 Å². The first-order chi connectivity index (χ1) is 15.0. The Morgan fingerprint density at radius 1 is 1.03 bits per heavy atom. The number of hydrogen-bond donors (Lipinski definition) is 0. The Morgan fingerprint density at radius 3 is 2.29 bits per heavy atom. The van der Waals surface area contributed by atoms with E-state index in [0.29, 0.717) is 49.6 Å². The standard InChI is InChI=1S/C24H29FO6/c1-5-20-22(25)7-6-18-14-19(15-21(17(2)3)24(18)20)31-23(26)16-30-13-12-29-11-10-28-9-8-27-4/h1,6-7,14-15,17H,8-13,16H2,2-4H3. The van der Waals surface area contributed by atoms with Crippen LogP contribution in [0.5, 0.6) is 5.75 Å². The van der Waals surface area contributed by atoms with Gasteiger partial charge in [-0.05, 0) is 35.1 Å². The fourth-order valence-electron chi connectivity index (χ4n) is 3.00. The zero-order valence-corrected chi connectivity index (χ0v) is 18.2. The van der Waals surface area contributed by atoms with Gasteiger partial charge < -0.3 is 23.7 Å². The minimum absolute atomic E-state index is 0.0573. The van der Waals surface area contributed by atoms with Crippen molar-refractivity contribution in [2.45, 2.75) is 19.8 Å². The van der Waals surface area contributed by atoms with Crippen molar-refractivity contribution in [1.29, 1.82) is 0 Å². The lowest BCUT2D eigenvalue weighted by atomic mass is 9.92. The summed E-state index contributed by atoms with van der Waals surface area (Å²) in [5.74, 6) is 1.87. The summed E-state index contributed by atoms with van der Waals surface area (Å²) in [6, 6.07) is 6.34. The highest BCUT2D eigenvalue weighted by molar-refractivity contribution is 5.93. The van der Waals surface area contributed by atoms with Crippen molar-refractivity contribution in [3.05, 3.63) is 41.2 Å². The maximum Gasteiger partial charge on any atom is 0.337 e. The van der Waals surface area contributed by atoms with Gasteiger partial charge in [0.2, 0.25) is 0 Å². The molecule has 168 valence electrons. The minimum atomic E-state index is -0.531. The third kappa shape index (κ3) is 7.60. The predicted molar refractivity (Wildman–Crippen MR) is 116 cm³/mol. The third-order valence-corrected chi connectivity index (χ3v) is 4.46. The molecule has 31 heavy (non-hydrogen) atoms. The molecule has 0 unspecified atom stereocenters. The largest absolute Gasteiger partial charge is 0.425 e. The molecule has 0 bridgehead atoms. The summed E-state index contributed by atoms with van der Waals surface area (Å²) in [5, 5.41) is 1.38. The van der Waals surface area contributed by atoms with Crippen molar-refractivity contribution >= 4 is 16.7 Å². The fourth-order valence-corrected chi connectivity index (χ4v) is 3.00. The topological polar surface area (TPSA) is 63.2 Å². The van der Waals surface area contributed by atoms with Crippen LogP contribution in [0, 0.1) is 18.2 Å². The average Bonchev–Trinajstić information content (AvgIpc) is 2.74. The van der Waals surface area contributed by atoms with E-state index in [2.05, 4.69) is 5.92 Å². The van der Waals surface area contributed by atoms with E-state index in [4.69, 9.17) is 30.1 Å². The molecule has 0 radical (unpaired) electrons. The quantitative estimate of drug-likeness (QED) is 0.208. The summed E-state index contributed by atoms with van der Waals surface area (Å²) < 4.78 is 40.3. The molecule has 2 aromatic carbocycles. The van der Waals surface area contributed by atoms with Crippen LogP contribution in [-0.2, 0) is 23.7 Å². The van der Waals surface area contributed by atoms with Gasteiger partial charge in [-0.2, -0.15) is 0 Å². The van der Waals surface area contributed by atoms with Crippen LogP contribution in [-0.4, -0.2) is 59.3 Å². The molecular weight excluding hydrogens is 403 g/mol. The Kier molecular flexibility index (Phi) is 10.4. The molecule has 2 rings (SSSR count). The van der Waals surface area contributed by atoms with Gasteiger partial charge in [-0.3, -0.25) is 0 Å². The second-order valence-electron chi connectivity index (χ2n) is 7.08. The van der Waals surface area contributed by atoms with Gasteiger partial charge in [0, 0.05) is 12.5 Å². The van der Waals surface area contributed by atoms with Gasteiger partial charge in [-0.15, -0.1) is 6.42 Å². The summed E-state index contributed by atoms with van der Waals surface area (Å²) >= 11 is 0. The van der Waals surface area contributed by atoms with E-state index >= 15 is 0 Å². The monoisotopic (exact) mass is 432 g/mol. The first-order valence-corrected chi connectivity index (χ1v) is 10.1. The van der Waals surface area contributed by atoms with Crippen LogP contribution in [0.2, 0.25) is 0 Å². The molecule has 0 saturated carbocycles. The van der Waals surface area contributed by atoms with E-state index in [9.17, 15) is 9.18 Å². The maximum atomic E-state index is 14.1. The molecule has 2 aromatic rings. The first kappa shape index (κ1) is 24.8. The summed E-state index contributed by atoms with van der Waals surface area (Å²) in [5.41, 5.74) is 1.03. The van der Waals surface area contributed by atoms with Crippen molar-refractivity contribution in [1.82, 2.24) is 0 Å². The van der Waals surface area contributed by atoms with E-state index in [1.807, 2.05) is 13.8 Å². The summed E-state index contributed by atoms with van der Waals surface area (Å²) in [6.07, 6.45) is 5.52. The molecule has 0 amide bonds. The van der Waals surface area contributed by atoms with Crippen LogP contribution < -0.4 is 4.74 Å². The number of hydrogen-bond acceptors (Lipinski definition) is 6. The van der Waals surface area contributed by atoms with Crippen LogP contribution in [0.3, 0.4) is 0 Å². The number of halogens is 1. The molecule has 0 aliphatic heterocycles. The van der Waals surface area contributed by atoms with Gasteiger partial charge in [0.1, 0.15) is 18.2 Å². The van der Waals surface area contributed by atoms with Crippen LogP contribution in [0.15, 0.2) is 24.3 Å². The molecule has 6 nitrogen and oxygen atoms in total. The van der Waals surface area contributed by atoms with E-state index in [0.717, 1.165) is 5.56 Å². The van der Waals surface area contributed by atoms with Crippen LogP contribution in [0.1, 0.15) is 30.9 Å². The van der Waals surface area contributed by atoms with Gasteiger partial charge in [0.25, 0.3) is 0 Å². The molecular formula is C24H29FO6. The highest BCUT2D eigenvalue weighted by atomic mass is 19.1. The molecule has 0 N–H and O–H groups in total. The molecule has 7 heteroatoms. The lowest BCUT2D eigenvalue weighted by Gasteiger charge is -2.15. The Balaban J connectivity index is 1.86. The summed E-state index contributed by atoms with van der Waals surface area (Å²) in [6.45, 7) is 6.30. The Labute approximate surface area is 182 Å².